The molecular weight excluding hydrogens is 288 g/mol. The van der Waals surface area contributed by atoms with Gasteiger partial charge in [0.15, 0.2) is 0 Å². The number of alkyl halides is 1. The van der Waals surface area contributed by atoms with Gasteiger partial charge in [-0.15, -0.1) is 0 Å². The SMILES string of the molecule is CC(C)(CBr)CN1CCN(c2ccccc2)CC1. The summed E-state index contributed by atoms with van der Waals surface area (Å²) < 4.78 is 0. The summed E-state index contributed by atoms with van der Waals surface area (Å²) in [5, 5.41) is 1.07. The van der Waals surface area contributed by atoms with Gasteiger partial charge in [-0.05, 0) is 17.5 Å². The van der Waals surface area contributed by atoms with E-state index in [2.05, 4.69) is 69.9 Å². The lowest BCUT2D eigenvalue weighted by Gasteiger charge is -2.39. The van der Waals surface area contributed by atoms with E-state index in [0.717, 1.165) is 18.4 Å². The van der Waals surface area contributed by atoms with Gasteiger partial charge in [0, 0.05) is 43.7 Å². The third-order valence-electron chi connectivity index (χ3n) is 3.51. The lowest BCUT2D eigenvalue weighted by atomic mass is 9.95. The molecule has 1 aromatic rings. The van der Waals surface area contributed by atoms with Crippen LogP contribution in [0.1, 0.15) is 13.8 Å². The molecule has 1 heterocycles. The van der Waals surface area contributed by atoms with Crippen LogP contribution in [0.4, 0.5) is 5.69 Å². The lowest BCUT2D eigenvalue weighted by Crippen LogP contribution is -2.49. The standard InChI is InChI=1S/C15H23BrN2/c1-15(2,12-16)13-17-8-10-18(11-9-17)14-6-4-3-5-7-14/h3-7H,8-13H2,1-2H3. The highest BCUT2D eigenvalue weighted by atomic mass is 79.9. The molecule has 0 saturated carbocycles. The highest BCUT2D eigenvalue weighted by Crippen LogP contribution is 2.22. The average molecular weight is 311 g/mol. The number of rotatable bonds is 4. The van der Waals surface area contributed by atoms with E-state index in [1.165, 1.54) is 25.3 Å². The first kappa shape index (κ1) is 13.9. The van der Waals surface area contributed by atoms with Gasteiger partial charge in [0.2, 0.25) is 0 Å². The first-order valence-electron chi connectivity index (χ1n) is 6.69. The Balaban J connectivity index is 1.85. The quantitative estimate of drug-likeness (QED) is 0.788. The second-order valence-electron chi connectivity index (χ2n) is 5.90. The molecule has 0 unspecified atom stereocenters. The minimum absolute atomic E-state index is 0.370. The van der Waals surface area contributed by atoms with Gasteiger partial charge >= 0.3 is 0 Å². The fourth-order valence-corrected chi connectivity index (χ4v) is 2.63. The molecule has 0 aliphatic carbocycles. The Bertz CT molecular complexity index is 356. The summed E-state index contributed by atoms with van der Waals surface area (Å²) in [7, 11) is 0. The summed E-state index contributed by atoms with van der Waals surface area (Å²) in [5.41, 5.74) is 1.73. The molecule has 2 nitrogen and oxygen atoms in total. The van der Waals surface area contributed by atoms with Crippen molar-refractivity contribution in [3.8, 4) is 0 Å². The zero-order valence-corrected chi connectivity index (χ0v) is 13.0. The summed E-state index contributed by atoms with van der Waals surface area (Å²) in [6.45, 7) is 10.5. The maximum Gasteiger partial charge on any atom is 0.0367 e. The number of halogens is 1. The van der Waals surface area contributed by atoms with Crippen LogP contribution in [-0.2, 0) is 0 Å². The normalized spacial score (nSPS) is 18.1. The van der Waals surface area contributed by atoms with Crippen LogP contribution in [0.5, 0.6) is 0 Å². The first-order valence-corrected chi connectivity index (χ1v) is 7.81. The fourth-order valence-electron chi connectivity index (χ4n) is 2.45. The Morgan fingerprint density at radius 3 is 2.22 bits per heavy atom. The van der Waals surface area contributed by atoms with E-state index in [-0.39, 0.29) is 0 Å². The molecule has 0 radical (unpaired) electrons. The number of hydrogen-bond acceptors (Lipinski definition) is 2. The second-order valence-corrected chi connectivity index (χ2v) is 6.46. The van der Waals surface area contributed by atoms with Crippen molar-refractivity contribution >= 4 is 21.6 Å². The molecule has 0 bridgehead atoms. The van der Waals surface area contributed by atoms with Crippen molar-refractivity contribution in [2.75, 3.05) is 43.0 Å². The van der Waals surface area contributed by atoms with Crippen LogP contribution < -0.4 is 4.90 Å². The molecule has 1 aliphatic heterocycles. The van der Waals surface area contributed by atoms with Crippen molar-refractivity contribution in [1.82, 2.24) is 4.90 Å². The highest BCUT2D eigenvalue weighted by Gasteiger charge is 2.23. The van der Waals surface area contributed by atoms with Crippen LogP contribution in [0.2, 0.25) is 0 Å². The van der Waals surface area contributed by atoms with Gasteiger partial charge in [0.25, 0.3) is 0 Å². The van der Waals surface area contributed by atoms with E-state index in [1.807, 2.05) is 0 Å². The maximum atomic E-state index is 3.61. The molecule has 1 aromatic carbocycles. The van der Waals surface area contributed by atoms with E-state index in [4.69, 9.17) is 0 Å². The number of piperazine rings is 1. The third kappa shape index (κ3) is 3.72. The van der Waals surface area contributed by atoms with Gasteiger partial charge in [-0.25, -0.2) is 0 Å². The highest BCUT2D eigenvalue weighted by molar-refractivity contribution is 9.09. The van der Waals surface area contributed by atoms with Crippen molar-refractivity contribution in [3.63, 3.8) is 0 Å². The molecular formula is C15H23BrN2. The number of hydrogen-bond donors (Lipinski definition) is 0. The monoisotopic (exact) mass is 310 g/mol. The molecule has 1 saturated heterocycles. The Kier molecular flexibility index (Phi) is 4.68. The van der Waals surface area contributed by atoms with Crippen LogP contribution >= 0.6 is 15.9 Å². The molecule has 0 aromatic heterocycles. The zero-order chi connectivity index (χ0) is 13.0. The number of para-hydroxylation sites is 1. The number of nitrogens with zero attached hydrogens (tertiary/aromatic N) is 2. The Morgan fingerprint density at radius 2 is 1.67 bits per heavy atom. The first-order chi connectivity index (χ1) is 8.61. The smallest absolute Gasteiger partial charge is 0.0367 e. The van der Waals surface area contributed by atoms with Crippen LogP contribution in [0, 0.1) is 5.41 Å². The molecule has 1 aliphatic rings. The maximum absolute atomic E-state index is 3.61. The van der Waals surface area contributed by atoms with Crippen molar-refractivity contribution in [2.24, 2.45) is 5.41 Å². The van der Waals surface area contributed by atoms with Gasteiger partial charge < -0.3 is 4.90 Å². The number of anilines is 1. The van der Waals surface area contributed by atoms with Crippen LogP contribution in [-0.4, -0.2) is 43.0 Å². The van der Waals surface area contributed by atoms with E-state index >= 15 is 0 Å². The minimum atomic E-state index is 0.370. The van der Waals surface area contributed by atoms with E-state index in [1.54, 1.807) is 0 Å². The summed E-state index contributed by atoms with van der Waals surface area (Å²) in [6.07, 6.45) is 0. The van der Waals surface area contributed by atoms with E-state index in [0.29, 0.717) is 5.41 Å². The van der Waals surface area contributed by atoms with Crippen LogP contribution in [0.25, 0.3) is 0 Å². The molecule has 0 atom stereocenters. The van der Waals surface area contributed by atoms with Gasteiger partial charge in [0.05, 0.1) is 0 Å². The molecule has 0 N–H and O–H groups in total. The zero-order valence-electron chi connectivity index (χ0n) is 11.4. The van der Waals surface area contributed by atoms with E-state index in [9.17, 15) is 0 Å². The summed E-state index contributed by atoms with van der Waals surface area (Å²) in [4.78, 5) is 5.07. The van der Waals surface area contributed by atoms with Gasteiger partial charge in [-0.3, -0.25) is 4.90 Å². The third-order valence-corrected chi connectivity index (χ3v) is 5.02. The van der Waals surface area contributed by atoms with Crippen LogP contribution in [0.15, 0.2) is 30.3 Å². The summed E-state index contributed by atoms with van der Waals surface area (Å²) >= 11 is 3.61. The molecule has 0 amide bonds. The second kappa shape index (κ2) is 6.07. The largest absolute Gasteiger partial charge is 0.369 e. The Morgan fingerprint density at radius 1 is 1.06 bits per heavy atom. The lowest BCUT2D eigenvalue weighted by molar-refractivity contribution is 0.186. The fraction of sp³-hybridized carbons (Fsp3) is 0.600. The number of benzene rings is 1. The summed E-state index contributed by atoms with van der Waals surface area (Å²) in [6, 6.07) is 10.7. The minimum Gasteiger partial charge on any atom is -0.369 e. The average Bonchev–Trinajstić information content (AvgIpc) is 2.40. The Hall–Kier alpha value is -0.540. The molecule has 0 spiro atoms. The molecule has 3 heteroatoms. The van der Waals surface area contributed by atoms with Crippen LogP contribution in [0.3, 0.4) is 0 Å². The molecule has 2 rings (SSSR count). The van der Waals surface area contributed by atoms with Crippen molar-refractivity contribution in [3.05, 3.63) is 30.3 Å². The predicted octanol–water partition coefficient (Wildman–Crippen LogP) is 3.23. The molecule has 100 valence electrons. The van der Waals surface area contributed by atoms with Gasteiger partial charge in [-0.1, -0.05) is 48.0 Å². The topological polar surface area (TPSA) is 6.48 Å². The Labute approximate surface area is 119 Å². The van der Waals surface area contributed by atoms with E-state index < -0.39 is 0 Å². The van der Waals surface area contributed by atoms with Gasteiger partial charge in [-0.2, -0.15) is 0 Å². The molecule has 1 fully saturated rings. The van der Waals surface area contributed by atoms with Crippen molar-refractivity contribution in [1.29, 1.82) is 0 Å². The van der Waals surface area contributed by atoms with Gasteiger partial charge in [0.1, 0.15) is 0 Å². The van der Waals surface area contributed by atoms with Crippen molar-refractivity contribution < 1.29 is 0 Å². The summed E-state index contributed by atoms with van der Waals surface area (Å²) in [5.74, 6) is 0. The molecule has 18 heavy (non-hydrogen) atoms. The van der Waals surface area contributed by atoms with Crippen molar-refractivity contribution in [2.45, 2.75) is 13.8 Å². The predicted molar refractivity (Wildman–Crippen MR) is 82.7 cm³/mol.